The first-order chi connectivity index (χ1) is 6.11. The van der Waals surface area contributed by atoms with Crippen molar-refractivity contribution in [1.29, 1.82) is 0 Å². The molecular formula is C8H14BNO3. The molecule has 1 heterocycles. The van der Waals surface area contributed by atoms with Crippen LogP contribution in [0.25, 0.3) is 0 Å². The molecule has 3 N–H and O–H groups in total. The standard InChI is InChI=1S/C8H14BNO3/c9-4-1-2-6-8(10,7(11)12)3-5-13-6/h6H,1-5,10H2,(H,11,12)/t6?,8-/m0/s1. The predicted octanol–water partition coefficient (Wildman–Crippen LogP) is -0.0756. The quantitative estimate of drug-likeness (QED) is 0.598. The van der Waals surface area contributed by atoms with E-state index in [0.29, 0.717) is 25.8 Å². The Kier molecular flexibility index (Phi) is 3.33. The van der Waals surface area contributed by atoms with Crippen LogP contribution < -0.4 is 5.73 Å². The summed E-state index contributed by atoms with van der Waals surface area (Å²) in [6.45, 7) is 0.429. The molecule has 0 aromatic rings. The molecule has 2 radical (unpaired) electrons. The molecule has 0 aromatic heterocycles. The highest BCUT2D eigenvalue weighted by molar-refractivity contribution is 6.08. The molecule has 2 atom stereocenters. The molecule has 1 aliphatic rings. The maximum absolute atomic E-state index is 10.9. The average molecular weight is 183 g/mol. The summed E-state index contributed by atoms with van der Waals surface area (Å²) in [4.78, 5) is 10.9. The highest BCUT2D eigenvalue weighted by Crippen LogP contribution is 2.27. The van der Waals surface area contributed by atoms with Gasteiger partial charge in [0.1, 0.15) is 5.54 Å². The topological polar surface area (TPSA) is 72.5 Å². The van der Waals surface area contributed by atoms with Gasteiger partial charge in [0.05, 0.1) is 14.0 Å². The smallest absolute Gasteiger partial charge is 0.326 e. The minimum absolute atomic E-state index is 0.381. The molecule has 0 aromatic carbocycles. The van der Waals surface area contributed by atoms with Crippen LogP contribution in [0, 0.1) is 0 Å². The molecule has 1 rings (SSSR count). The third kappa shape index (κ3) is 2.03. The summed E-state index contributed by atoms with van der Waals surface area (Å²) in [6, 6.07) is 0. The third-order valence-corrected chi connectivity index (χ3v) is 2.48. The first-order valence-corrected chi connectivity index (χ1v) is 4.45. The lowest BCUT2D eigenvalue weighted by Gasteiger charge is -2.24. The molecule has 1 unspecified atom stereocenters. The molecular weight excluding hydrogens is 169 g/mol. The molecule has 4 nitrogen and oxygen atoms in total. The molecule has 1 fully saturated rings. The van der Waals surface area contributed by atoms with Crippen molar-refractivity contribution in [2.45, 2.75) is 37.2 Å². The van der Waals surface area contributed by atoms with Crippen LogP contribution in [0.5, 0.6) is 0 Å². The van der Waals surface area contributed by atoms with Gasteiger partial charge in [-0.1, -0.05) is 12.7 Å². The first kappa shape index (κ1) is 10.5. The van der Waals surface area contributed by atoms with Gasteiger partial charge in [-0.15, -0.1) is 0 Å². The lowest BCUT2D eigenvalue weighted by molar-refractivity contribution is -0.145. The summed E-state index contributed by atoms with van der Waals surface area (Å²) in [5.74, 6) is -0.980. The second-order valence-corrected chi connectivity index (χ2v) is 3.39. The number of rotatable bonds is 4. The van der Waals surface area contributed by atoms with Gasteiger partial charge < -0.3 is 15.6 Å². The van der Waals surface area contributed by atoms with E-state index in [1.807, 2.05) is 0 Å². The van der Waals surface area contributed by atoms with Crippen molar-refractivity contribution in [1.82, 2.24) is 0 Å². The van der Waals surface area contributed by atoms with Gasteiger partial charge in [0.15, 0.2) is 0 Å². The van der Waals surface area contributed by atoms with E-state index in [1.165, 1.54) is 0 Å². The van der Waals surface area contributed by atoms with Crippen molar-refractivity contribution in [2.24, 2.45) is 5.73 Å². The Morgan fingerprint density at radius 2 is 2.46 bits per heavy atom. The third-order valence-electron chi connectivity index (χ3n) is 2.48. The van der Waals surface area contributed by atoms with Gasteiger partial charge in [0.25, 0.3) is 0 Å². The normalized spacial score (nSPS) is 33.5. The van der Waals surface area contributed by atoms with Gasteiger partial charge in [-0.05, 0) is 6.42 Å². The monoisotopic (exact) mass is 183 g/mol. The van der Waals surface area contributed by atoms with E-state index in [4.69, 9.17) is 23.4 Å². The Bertz CT molecular complexity index is 200. The number of carboxylic acids is 1. The van der Waals surface area contributed by atoms with E-state index >= 15 is 0 Å². The fourth-order valence-electron chi connectivity index (χ4n) is 1.57. The molecule has 0 saturated carbocycles. The highest BCUT2D eigenvalue weighted by atomic mass is 16.5. The van der Waals surface area contributed by atoms with Gasteiger partial charge >= 0.3 is 5.97 Å². The maximum Gasteiger partial charge on any atom is 0.326 e. The van der Waals surface area contributed by atoms with Crippen LogP contribution in [0.1, 0.15) is 19.3 Å². The Labute approximate surface area is 78.8 Å². The molecule has 1 saturated heterocycles. The molecule has 1 aliphatic heterocycles. The van der Waals surface area contributed by atoms with E-state index < -0.39 is 11.5 Å². The lowest BCUT2D eigenvalue weighted by atomic mass is 9.87. The molecule has 0 spiro atoms. The van der Waals surface area contributed by atoms with E-state index in [2.05, 4.69) is 0 Å². The van der Waals surface area contributed by atoms with Gasteiger partial charge in [-0.25, -0.2) is 0 Å². The molecule has 0 bridgehead atoms. The van der Waals surface area contributed by atoms with E-state index in [-0.39, 0.29) is 6.10 Å². The lowest BCUT2D eigenvalue weighted by Crippen LogP contribution is -2.54. The second-order valence-electron chi connectivity index (χ2n) is 3.39. The number of ether oxygens (including phenoxy) is 1. The molecule has 0 aliphatic carbocycles. The number of hydrogen-bond acceptors (Lipinski definition) is 3. The van der Waals surface area contributed by atoms with Crippen LogP contribution >= 0.6 is 0 Å². The first-order valence-electron chi connectivity index (χ1n) is 4.45. The number of aliphatic carboxylic acids is 1. The van der Waals surface area contributed by atoms with Gasteiger partial charge in [0, 0.05) is 13.0 Å². The summed E-state index contributed by atoms with van der Waals surface area (Å²) in [6.07, 6.45) is 1.91. The summed E-state index contributed by atoms with van der Waals surface area (Å²) in [7, 11) is 5.33. The Hall–Kier alpha value is -0.545. The molecule has 13 heavy (non-hydrogen) atoms. The van der Waals surface area contributed by atoms with Crippen molar-refractivity contribution in [3.63, 3.8) is 0 Å². The summed E-state index contributed by atoms with van der Waals surface area (Å²) < 4.78 is 5.27. The van der Waals surface area contributed by atoms with Gasteiger partial charge in [0.2, 0.25) is 0 Å². The number of hydrogen-bond donors (Lipinski definition) is 2. The van der Waals surface area contributed by atoms with Crippen molar-refractivity contribution < 1.29 is 14.6 Å². The van der Waals surface area contributed by atoms with Crippen LogP contribution in [0.3, 0.4) is 0 Å². The van der Waals surface area contributed by atoms with Crippen LogP contribution in [0.4, 0.5) is 0 Å². The Morgan fingerprint density at radius 1 is 1.77 bits per heavy atom. The van der Waals surface area contributed by atoms with E-state index in [1.54, 1.807) is 0 Å². The average Bonchev–Trinajstić information content (AvgIpc) is 2.45. The maximum atomic E-state index is 10.9. The number of carbonyl (C=O) groups is 1. The largest absolute Gasteiger partial charge is 0.480 e. The van der Waals surface area contributed by atoms with E-state index in [9.17, 15) is 4.79 Å². The summed E-state index contributed by atoms with van der Waals surface area (Å²) in [5.41, 5.74) is 4.52. The minimum atomic E-state index is -1.20. The highest BCUT2D eigenvalue weighted by Gasteiger charge is 2.46. The number of nitrogens with two attached hydrogens (primary N) is 1. The minimum Gasteiger partial charge on any atom is -0.480 e. The zero-order chi connectivity index (χ0) is 9.90. The summed E-state index contributed by atoms with van der Waals surface area (Å²) >= 11 is 0. The fourth-order valence-corrected chi connectivity index (χ4v) is 1.57. The van der Waals surface area contributed by atoms with Gasteiger partial charge in [-0.2, -0.15) is 0 Å². The Balaban J connectivity index is 2.57. The second kappa shape index (κ2) is 4.11. The van der Waals surface area contributed by atoms with Crippen molar-refractivity contribution in [2.75, 3.05) is 6.61 Å². The van der Waals surface area contributed by atoms with Crippen LogP contribution in [-0.2, 0) is 9.53 Å². The van der Waals surface area contributed by atoms with Crippen LogP contribution in [0.2, 0.25) is 6.32 Å². The van der Waals surface area contributed by atoms with Crippen molar-refractivity contribution in [3.8, 4) is 0 Å². The van der Waals surface area contributed by atoms with Crippen LogP contribution in [-0.4, -0.2) is 37.2 Å². The summed E-state index contributed by atoms with van der Waals surface area (Å²) in [5, 5.41) is 8.91. The van der Waals surface area contributed by atoms with Gasteiger partial charge in [-0.3, -0.25) is 4.79 Å². The van der Waals surface area contributed by atoms with E-state index in [0.717, 1.165) is 6.42 Å². The predicted molar refractivity (Wildman–Crippen MR) is 48.7 cm³/mol. The molecule has 72 valence electrons. The zero-order valence-electron chi connectivity index (χ0n) is 7.53. The van der Waals surface area contributed by atoms with Crippen molar-refractivity contribution >= 4 is 13.8 Å². The van der Waals surface area contributed by atoms with Crippen LogP contribution in [0.15, 0.2) is 0 Å². The Morgan fingerprint density at radius 3 is 3.00 bits per heavy atom. The fraction of sp³-hybridized carbons (Fsp3) is 0.875. The molecule has 5 heteroatoms. The SMILES string of the molecule is [B]CCCC1OCC[C@@]1(N)C(=O)O. The van der Waals surface area contributed by atoms with Crippen molar-refractivity contribution in [3.05, 3.63) is 0 Å². The molecule has 0 amide bonds. The number of carboxylic acid groups (broad SMARTS) is 1. The zero-order valence-corrected chi connectivity index (χ0v) is 7.53.